The van der Waals surface area contributed by atoms with Crippen molar-refractivity contribution in [3.05, 3.63) is 30.0 Å². The third-order valence-corrected chi connectivity index (χ3v) is 14.3. The number of aliphatic hydroxyl groups is 2. The minimum atomic E-state index is -1.84. The van der Waals surface area contributed by atoms with Crippen molar-refractivity contribution >= 4 is 65.0 Å². The molecule has 2 heterocycles. The Bertz CT molecular complexity index is 2410. The highest BCUT2D eigenvalue weighted by atomic mass is 16.3. The predicted octanol–water partition coefficient (Wildman–Crippen LogP) is -9.21. The maximum absolute atomic E-state index is 14.5. The van der Waals surface area contributed by atoms with Gasteiger partial charge in [-0.3, -0.25) is 53.4 Å². The fraction of sp³-hybridized carbons (Fsp3) is 0.704. The Morgan fingerprint density at radius 2 is 1.19 bits per heavy atom. The number of nitrogens with one attached hydrogen (secondary N) is 12. The summed E-state index contributed by atoms with van der Waals surface area (Å²) < 4.78 is 0. The number of likely N-dealkylation sites (tertiary alicyclic amines) is 1. The number of unbranched alkanes of at least 4 members (excludes halogenated alkanes) is 4. The summed E-state index contributed by atoms with van der Waals surface area (Å²) in [4.78, 5) is 147. The number of imidazole rings is 1. The molecule has 1 aromatic heterocycles. The molecule has 1 aliphatic rings. The molecule has 35 nitrogen and oxygen atoms in total. The largest absolute Gasteiger partial charge is 0.389 e. The number of H-pyrrole nitrogens is 1. The van der Waals surface area contributed by atoms with E-state index in [0.29, 0.717) is 89.7 Å². The Morgan fingerprint density at radius 1 is 0.618 bits per heavy atom. The Labute approximate surface area is 518 Å². The number of nitrogens with two attached hydrogens (primary N) is 9. The molecule has 0 aromatic carbocycles. The van der Waals surface area contributed by atoms with Crippen LogP contribution in [-0.4, -0.2) is 223 Å². The molecule has 0 spiro atoms. The predicted molar refractivity (Wildman–Crippen MR) is 329 cm³/mol. The zero-order valence-electron chi connectivity index (χ0n) is 50.9. The molecule has 10 unspecified atom stereocenters. The molecule has 10 amide bonds. The minimum absolute atomic E-state index is 0.0127. The molecule has 0 bridgehead atoms. The van der Waals surface area contributed by atoms with Gasteiger partial charge in [0.25, 0.3) is 5.91 Å². The molecule has 1 aromatic rings. The maximum atomic E-state index is 14.5. The van der Waals surface area contributed by atoms with Crippen LogP contribution in [0, 0.1) is 5.41 Å². The number of carbonyl (C=O) groups excluding carboxylic acids is 10. The number of amides is 10. The number of rotatable bonds is 46. The van der Waals surface area contributed by atoms with E-state index in [1.807, 2.05) is 0 Å². The summed E-state index contributed by atoms with van der Waals surface area (Å²) >= 11 is 0. The summed E-state index contributed by atoms with van der Waals surface area (Å²) in [5.74, 6) is -8.76. The van der Waals surface area contributed by atoms with E-state index in [9.17, 15) is 58.2 Å². The van der Waals surface area contributed by atoms with Crippen LogP contribution in [0.15, 0.2) is 24.3 Å². The van der Waals surface area contributed by atoms with Gasteiger partial charge in [0.15, 0.2) is 5.96 Å². The zero-order chi connectivity index (χ0) is 66.3. The monoisotopic (exact) mass is 1260 g/mol. The van der Waals surface area contributed by atoms with Crippen LogP contribution in [0.1, 0.15) is 108 Å². The SMILES string of the molecule is N=C(N)NCC/C=C(\NC(=O)C(CCCCN)NC(=O)C(Cc1cnc[nH]1)NC(=O)C1CCCN1C(=O)C(CCCN)NC(=O)CNC(=O)C(NC(=O)C(NC(=O)C(N)CCCCN)C(O)CN)C(O)CN)C(=O)NC(CCCCN)C(=O)NCCCCN. The second-order valence-corrected chi connectivity index (χ2v) is 21.4. The highest BCUT2D eigenvalue weighted by Gasteiger charge is 2.40. The molecule has 1 fully saturated rings. The average Bonchev–Trinajstić information content (AvgIpc) is 3.27. The van der Waals surface area contributed by atoms with Gasteiger partial charge in [0.05, 0.1) is 31.1 Å². The highest BCUT2D eigenvalue weighted by molar-refractivity contribution is 6.02. The first kappa shape index (κ1) is 77.6. The van der Waals surface area contributed by atoms with E-state index in [1.54, 1.807) is 0 Å². The standard InChI is InChI=1S/C54H101N23O12/c55-18-4-1-12-33(62)45(81)75-44(41(79)28-61)52(88)76-43(40(78)27-60)51(87)68-30-42(80)70-37(15-9-22-59)53(89)77-25-11-17-39(77)50(86)74-38(26-32-29-65-31-69-32)49(85)73-35(14-3-6-20-57)47(83)72-36(16-10-24-67-54(63)64)48(84)71-34(13-2-5-19-56)46(82)66-23-8-7-21-58/h16,29,31,33-35,37-41,43-44,78-79H,1-15,17-28,30,55-62H2,(H,65,69)(H,66,82)(H,68,87)(H,70,80)(H,71,84)(H,72,83)(H,73,85)(H,74,86)(H,75,81)(H,76,88)(H4,63,64,67)/b36-16-. The molecule has 0 radical (unpaired) electrons. The Balaban J connectivity index is 2.38. The lowest BCUT2D eigenvalue weighted by Gasteiger charge is -2.30. The number of aliphatic hydroxyl groups excluding tert-OH is 2. The topological polar surface area (TPSA) is 621 Å². The highest BCUT2D eigenvalue weighted by Crippen LogP contribution is 2.21. The molecular formula is C54H101N23O12. The smallest absolute Gasteiger partial charge is 0.268 e. The van der Waals surface area contributed by atoms with Gasteiger partial charge in [-0.1, -0.05) is 12.5 Å². The summed E-state index contributed by atoms with van der Waals surface area (Å²) in [7, 11) is 0. The van der Waals surface area contributed by atoms with Crippen molar-refractivity contribution in [3.8, 4) is 0 Å². The van der Waals surface area contributed by atoms with Crippen molar-refractivity contribution in [3.63, 3.8) is 0 Å². The first-order valence-electron chi connectivity index (χ1n) is 30.4. The summed E-state index contributed by atoms with van der Waals surface area (Å²) in [6.45, 7) is -0.000401. The second kappa shape index (κ2) is 44.0. The molecule has 1 saturated heterocycles. The quantitative estimate of drug-likeness (QED) is 0.0125. The van der Waals surface area contributed by atoms with Gasteiger partial charge in [0.1, 0.15) is 48.0 Å². The van der Waals surface area contributed by atoms with E-state index in [0.717, 1.165) is 0 Å². The van der Waals surface area contributed by atoms with Crippen LogP contribution in [0.3, 0.4) is 0 Å². The number of aromatic nitrogens is 2. The third kappa shape index (κ3) is 29.1. The first-order valence-corrected chi connectivity index (χ1v) is 30.4. The number of guanidine groups is 1. The van der Waals surface area contributed by atoms with Crippen LogP contribution < -0.4 is 105 Å². The maximum Gasteiger partial charge on any atom is 0.268 e. The number of hydrogen-bond donors (Lipinski definition) is 23. The van der Waals surface area contributed by atoms with Crippen molar-refractivity contribution in [2.75, 3.05) is 72.0 Å². The van der Waals surface area contributed by atoms with E-state index in [1.165, 1.54) is 23.5 Å². The van der Waals surface area contributed by atoms with Crippen molar-refractivity contribution in [1.29, 1.82) is 5.41 Å². The summed E-state index contributed by atoms with van der Waals surface area (Å²) in [5.41, 5.74) is 51.3. The first-order chi connectivity index (χ1) is 42.6. The normalized spacial score (nSPS) is 16.1. The molecule has 504 valence electrons. The molecule has 0 aliphatic carbocycles. The van der Waals surface area contributed by atoms with Gasteiger partial charge in [0.2, 0.25) is 53.2 Å². The van der Waals surface area contributed by atoms with Gasteiger partial charge in [-0.05, 0) is 129 Å². The molecule has 0 saturated carbocycles. The fourth-order valence-electron chi connectivity index (χ4n) is 9.27. The summed E-state index contributed by atoms with van der Waals surface area (Å²) in [6.07, 6.45) is 5.86. The van der Waals surface area contributed by atoms with Gasteiger partial charge in [0, 0.05) is 51.0 Å². The lowest BCUT2D eigenvalue weighted by atomic mass is 10.0. The van der Waals surface area contributed by atoms with E-state index in [4.69, 9.17) is 57.0 Å². The van der Waals surface area contributed by atoms with Crippen LogP contribution in [0.5, 0.6) is 0 Å². The Hall–Kier alpha value is -7.48. The molecule has 89 heavy (non-hydrogen) atoms. The number of hydrogen-bond acceptors (Lipinski definition) is 22. The van der Waals surface area contributed by atoms with Gasteiger partial charge in [-0.15, -0.1) is 0 Å². The lowest BCUT2D eigenvalue weighted by molar-refractivity contribution is -0.142. The van der Waals surface area contributed by atoms with Crippen LogP contribution in [0.2, 0.25) is 0 Å². The summed E-state index contributed by atoms with van der Waals surface area (Å²) in [5, 5.41) is 54.4. The number of carbonyl (C=O) groups is 10. The number of aromatic amines is 1. The Kier molecular flexibility index (Phi) is 38.4. The van der Waals surface area contributed by atoms with E-state index < -0.39 is 139 Å². The van der Waals surface area contributed by atoms with Crippen molar-refractivity contribution in [1.82, 2.24) is 68.0 Å². The zero-order valence-corrected chi connectivity index (χ0v) is 50.9. The number of nitrogens with zero attached hydrogens (tertiary/aromatic N) is 2. The van der Waals surface area contributed by atoms with E-state index >= 15 is 0 Å². The summed E-state index contributed by atoms with van der Waals surface area (Å²) in [6, 6.07) is -10.9. The fourth-order valence-corrected chi connectivity index (χ4v) is 9.27. The third-order valence-electron chi connectivity index (χ3n) is 14.3. The lowest BCUT2D eigenvalue weighted by Crippen LogP contribution is -2.63. The molecule has 10 atom stereocenters. The van der Waals surface area contributed by atoms with Crippen molar-refractivity contribution in [2.45, 2.75) is 170 Å². The minimum Gasteiger partial charge on any atom is -0.389 e. The van der Waals surface area contributed by atoms with E-state index in [-0.39, 0.29) is 89.2 Å². The molecule has 35 heteroatoms. The van der Waals surface area contributed by atoms with E-state index in [2.05, 4.69) is 63.1 Å². The van der Waals surface area contributed by atoms with Gasteiger partial charge in [-0.25, -0.2) is 4.98 Å². The van der Waals surface area contributed by atoms with Crippen LogP contribution >= 0.6 is 0 Å². The molecule has 1 aliphatic heterocycles. The van der Waals surface area contributed by atoms with Crippen LogP contribution in [0.25, 0.3) is 0 Å². The van der Waals surface area contributed by atoms with Crippen molar-refractivity contribution in [2.24, 2.45) is 51.6 Å². The second-order valence-electron chi connectivity index (χ2n) is 21.4. The molecule has 32 N–H and O–H groups in total. The van der Waals surface area contributed by atoms with Crippen LogP contribution in [0.4, 0.5) is 0 Å². The molecule has 2 rings (SSSR count). The van der Waals surface area contributed by atoms with Crippen LogP contribution in [-0.2, 0) is 54.4 Å². The average molecular weight is 1260 g/mol. The van der Waals surface area contributed by atoms with Crippen molar-refractivity contribution < 1.29 is 58.2 Å². The van der Waals surface area contributed by atoms with Gasteiger partial charge >= 0.3 is 0 Å². The van der Waals surface area contributed by atoms with Gasteiger partial charge in [-0.2, -0.15) is 0 Å². The Morgan fingerprint density at radius 3 is 1.78 bits per heavy atom. The van der Waals surface area contributed by atoms with Gasteiger partial charge < -0.3 is 125 Å². The molecular weight excluding hydrogens is 1160 g/mol.